The molecule has 0 saturated carbocycles. The van der Waals surface area contributed by atoms with Crippen molar-refractivity contribution in [1.29, 1.82) is 0 Å². The molecule has 0 bridgehead atoms. The lowest BCUT2D eigenvalue weighted by molar-refractivity contribution is 0.464. The summed E-state index contributed by atoms with van der Waals surface area (Å²) in [5.41, 5.74) is 1.22. The fourth-order valence-corrected chi connectivity index (χ4v) is 1.87. The van der Waals surface area contributed by atoms with Crippen molar-refractivity contribution < 1.29 is 5.11 Å². The van der Waals surface area contributed by atoms with E-state index in [1.165, 1.54) is 16.8 Å². The van der Waals surface area contributed by atoms with E-state index in [0.717, 1.165) is 5.56 Å². The van der Waals surface area contributed by atoms with Crippen molar-refractivity contribution in [2.24, 2.45) is 5.92 Å². The Kier molecular flexibility index (Phi) is 3.90. The first-order chi connectivity index (χ1) is 8.97. The number of hydrogen-bond donors (Lipinski definition) is 1. The highest BCUT2D eigenvalue weighted by molar-refractivity contribution is 6.32. The molecule has 19 heavy (non-hydrogen) atoms. The molecule has 0 atom stereocenters. The van der Waals surface area contributed by atoms with Crippen LogP contribution in [0.25, 0.3) is 11.3 Å². The van der Waals surface area contributed by atoms with Gasteiger partial charge in [0.2, 0.25) is 0 Å². The molecule has 1 aromatic carbocycles. The average Bonchev–Trinajstić information content (AvgIpc) is 2.35. The highest BCUT2D eigenvalue weighted by Gasteiger charge is 2.07. The Bertz CT molecular complexity index is 650. The van der Waals surface area contributed by atoms with Gasteiger partial charge in [-0.1, -0.05) is 31.5 Å². The van der Waals surface area contributed by atoms with Gasteiger partial charge >= 0.3 is 0 Å². The zero-order valence-corrected chi connectivity index (χ0v) is 11.6. The predicted octanol–water partition coefficient (Wildman–Crippen LogP) is 2.93. The Labute approximate surface area is 116 Å². The minimum atomic E-state index is -0.129. The van der Waals surface area contributed by atoms with Gasteiger partial charge in [-0.25, -0.2) is 4.68 Å². The largest absolute Gasteiger partial charge is 0.506 e. The number of halogens is 1. The van der Waals surface area contributed by atoms with Crippen molar-refractivity contribution >= 4 is 11.6 Å². The van der Waals surface area contributed by atoms with Crippen LogP contribution >= 0.6 is 11.6 Å². The number of benzene rings is 1. The second-order valence-corrected chi connectivity index (χ2v) is 5.21. The quantitative estimate of drug-likeness (QED) is 0.939. The number of aromatic nitrogens is 2. The van der Waals surface area contributed by atoms with Crippen LogP contribution in [0.4, 0.5) is 0 Å². The molecule has 1 aromatic heterocycles. The molecule has 2 rings (SSSR count). The van der Waals surface area contributed by atoms with Crippen LogP contribution in [-0.4, -0.2) is 14.9 Å². The summed E-state index contributed by atoms with van der Waals surface area (Å²) in [5.74, 6) is 0.335. The van der Waals surface area contributed by atoms with Crippen LogP contribution in [0.15, 0.2) is 35.1 Å². The molecule has 4 nitrogen and oxygen atoms in total. The first-order valence-corrected chi connectivity index (χ1v) is 6.42. The maximum Gasteiger partial charge on any atom is 0.266 e. The van der Waals surface area contributed by atoms with Gasteiger partial charge in [-0.05, 0) is 24.1 Å². The molecule has 0 aliphatic heterocycles. The third-order valence-corrected chi connectivity index (χ3v) is 2.97. The van der Waals surface area contributed by atoms with E-state index < -0.39 is 0 Å². The predicted molar refractivity (Wildman–Crippen MR) is 75.4 cm³/mol. The Hall–Kier alpha value is -1.81. The molecule has 2 aromatic rings. The summed E-state index contributed by atoms with van der Waals surface area (Å²) in [6.45, 7) is 4.61. The fourth-order valence-electron chi connectivity index (χ4n) is 1.75. The number of rotatable bonds is 3. The molecular weight excluding hydrogens is 264 g/mol. The van der Waals surface area contributed by atoms with E-state index in [-0.39, 0.29) is 11.3 Å². The molecule has 1 heterocycles. The third-order valence-electron chi connectivity index (χ3n) is 2.65. The monoisotopic (exact) mass is 278 g/mol. The summed E-state index contributed by atoms with van der Waals surface area (Å²) >= 11 is 5.77. The van der Waals surface area contributed by atoms with E-state index in [2.05, 4.69) is 5.10 Å². The van der Waals surface area contributed by atoms with Crippen molar-refractivity contribution in [3.8, 4) is 17.0 Å². The summed E-state index contributed by atoms with van der Waals surface area (Å²) in [4.78, 5) is 11.7. The van der Waals surface area contributed by atoms with Crippen molar-refractivity contribution in [1.82, 2.24) is 9.78 Å². The van der Waals surface area contributed by atoms with Crippen molar-refractivity contribution in [3.63, 3.8) is 0 Å². The Morgan fingerprint density at radius 1 is 1.32 bits per heavy atom. The van der Waals surface area contributed by atoms with Crippen molar-refractivity contribution in [2.45, 2.75) is 20.4 Å². The van der Waals surface area contributed by atoms with Crippen LogP contribution in [0.1, 0.15) is 13.8 Å². The Morgan fingerprint density at radius 3 is 2.68 bits per heavy atom. The maximum absolute atomic E-state index is 11.7. The summed E-state index contributed by atoms with van der Waals surface area (Å²) in [6.07, 6.45) is 0. The topological polar surface area (TPSA) is 55.1 Å². The molecule has 0 aliphatic carbocycles. The van der Waals surface area contributed by atoms with Crippen LogP contribution in [-0.2, 0) is 6.54 Å². The molecular formula is C14H15ClN2O2. The number of hydrogen-bond acceptors (Lipinski definition) is 3. The van der Waals surface area contributed by atoms with Crippen molar-refractivity contribution in [3.05, 3.63) is 45.7 Å². The zero-order chi connectivity index (χ0) is 14.0. The van der Waals surface area contributed by atoms with Crippen LogP contribution in [0.2, 0.25) is 5.02 Å². The van der Waals surface area contributed by atoms with E-state index >= 15 is 0 Å². The molecule has 0 aliphatic rings. The van der Waals surface area contributed by atoms with Gasteiger partial charge in [-0.3, -0.25) is 4.79 Å². The molecule has 0 amide bonds. The van der Waals surface area contributed by atoms with Crippen molar-refractivity contribution in [2.75, 3.05) is 0 Å². The van der Waals surface area contributed by atoms with Gasteiger partial charge in [0.1, 0.15) is 5.75 Å². The first-order valence-electron chi connectivity index (χ1n) is 6.04. The standard InChI is InChI=1S/C14H15ClN2O2/c1-9(2)8-17-14(19)6-5-12(16-17)10-3-4-11(15)13(18)7-10/h3-7,9,18H,8H2,1-2H3. The minimum Gasteiger partial charge on any atom is -0.506 e. The molecule has 0 spiro atoms. The Morgan fingerprint density at radius 2 is 2.05 bits per heavy atom. The second kappa shape index (κ2) is 5.45. The van der Waals surface area contributed by atoms with Gasteiger partial charge in [-0.2, -0.15) is 5.10 Å². The smallest absolute Gasteiger partial charge is 0.266 e. The molecule has 0 fully saturated rings. The normalized spacial score (nSPS) is 10.9. The summed E-state index contributed by atoms with van der Waals surface area (Å²) in [7, 11) is 0. The molecule has 5 heteroatoms. The summed E-state index contributed by atoms with van der Waals surface area (Å²) < 4.78 is 1.44. The van der Waals surface area contributed by atoms with Gasteiger partial charge in [-0.15, -0.1) is 0 Å². The highest BCUT2D eigenvalue weighted by Crippen LogP contribution is 2.28. The number of aromatic hydroxyl groups is 1. The minimum absolute atomic E-state index is 0.00239. The maximum atomic E-state index is 11.7. The molecule has 100 valence electrons. The first kappa shape index (κ1) is 13.6. The molecule has 0 unspecified atom stereocenters. The number of phenolic OH excluding ortho intramolecular Hbond substituents is 1. The average molecular weight is 279 g/mol. The zero-order valence-electron chi connectivity index (χ0n) is 10.8. The lowest BCUT2D eigenvalue weighted by Gasteiger charge is -2.09. The number of phenols is 1. The van der Waals surface area contributed by atoms with E-state index in [9.17, 15) is 9.90 Å². The van der Waals surface area contributed by atoms with E-state index in [1.54, 1.807) is 18.2 Å². The van der Waals surface area contributed by atoms with Crippen LogP contribution < -0.4 is 5.56 Å². The van der Waals surface area contributed by atoms with Crippen LogP contribution in [0.5, 0.6) is 5.75 Å². The van der Waals surface area contributed by atoms with Gasteiger partial charge in [0.15, 0.2) is 0 Å². The molecule has 1 N–H and O–H groups in total. The highest BCUT2D eigenvalue weighted by atomic mass is 35.5. The lowest BCUT2D eigenvalue weighted by Crippen LogP contribution is -2.24. The molecule has 0 radical (unpaired) electrons. The van der Waals surface area contributed by atoms with Gasteiger partial charge in [0.25, 0.3) is 5.56 Å². The molecule has 0 saturated heterocycles. The van der Waals surface area contributed by atoms with Gasteiger partial charge < -0.3 is 5.11 Å². The lowest BCUT2D eigenvalue weighted by atomic mass is 10.1. The van der Waals surface area contributed by atoms with Gasteiger partial charge in [0.05, 0.1) is 10.7 Å². The second-order valence-electron chi connectivity index (χ2n) is 4.80. The summed E-state index contributed by atoms with van der Waals surface area (Å²) in [5, 5.41) is 14.2. The Balaban J connectivity index is 2.45. The van der Waals surface area contributed by atoms with E-state index in [1.807, 2.05) is 13.8 Å². The SMILES string of the molecule is CC(C)Cn1nc(-c2ccc(Cl)c(O)c2)ccc1=O. The van der Waals surface area contributed by atoms with Crippen LogP contribution in [0, 0.1) is 5.92 Å². The number of nitrogens with zero attached hydrogens (tertiary/aromatic N) is 2. The third kappa shape index (κ3) is 3.15. The fraction of sp³-hybridized carbons (Fsp3) is 0.286. The van der Waals surface area contributed by atoms with E-state index in [4.69, 9.17) is 11.6 Å². The van der Waals surface area contributed by atoms with Crippen LogP contribution in [0.3, 0.4) is 0 Å². The van der Waals surface area contributed by atoms with E-state index in [0.29, 0.717) is 23.2 Å². The summed E-state index contributed by atoms with van der Waals surface area (Å²) in [6, 6.07) is 8.02. The van der Waals surface area contributed by atoms with Gasteiger partial charge in [0, 0.05) is 18.2 Å².